The molecule has 1 amide bonds. The van der Waals surface area contributed by atoms with Gasteiger partial charge in [0.25, 0.3) is 12.0 Å². The third-order valence-corrected chi connectivity index (χ3v) is 7.37. The van der Waals surface area contributed by atoms with Crippen LogP contribution >= 0.6 is 0 Å². The summed E-state index contributed by atoms with van der Waals surface area (Å²) in [5.74, 6) is 0.835. The van der Waals surface area contributed by atoms with Crippen molar-refractivity contribution in [2.45, 2.75) is 63.6 Å². The van der Waals surface area contributed by atoms with Gasteiger partial charge in [0.2, 0.25) is 6.41 Å². The largest absolute Gasteiger partial charge is 0.490 e. The number of fused-ring (bicyclic) bond motifs is 1. The van der Waals surface area contributed by atoms with Crippen LogP contribution in [0.15, 0.2) is 52.1 Å². The van der Waals surface area contributed by atoms with Gasteiger partial charge < -0.3 is 14.4 Å². The summed E-state index contributed by atoms with van der Waals surface area (Å²) in [7, 11) is 0. The average molecular weight is 528 g/mol. The van der Waals surface area contributed by atoms with Crippen molar-refractivity contribution in [2.24, 2.45) is 0 Å². The predicted molar refractivity (Wildman–Crippen MR) is 138 cm³/mol. The molecule has 202 valence electrons. The molecule has 1 saturated carbocycles. The van der Waals surface area contributed by atoms with E-state index in [4.69, 9.17) is 9.47 Å². The molecule has 1 saturated heterocycles. The van der Waals surface area contributed by atoms with Crippen LogP contribution in [0.25, 0.3) is 10.9 Å². The second-order valence-corrected chi connectivity index (χ2v) is 9.97. The van der Waals surface area contributed by atoms with Crippen LogP contribution in [0.3, 0.4) is 0 Å². The molecule has 2 aliphatic rings. The molecule has 10 heteroatoms. The van der Waals surface area contributed by atoms with Crippen molar-refractivity contribution < 1.29 is 23.0 Å². The first-order chi connectivity index (χ1) is 18.4. The highest BCUT2D eigenvalue weighted by Gasteiger charge is 2.25. The van der Waals surface area contributed by atoms with Crippen molar-refractivity contribution in [1.82, 2.24) is 14.0 Å². The lowest BCUT2D eigenvalue weighted by atomic mass is 10.0. The maximum atomic E-state index is 13.8. The number of rotatable bonds is 9. The monoisotopic (exact) mass is 527 g/mol. The molecular formula is C28H31F2N3O5. The summed E-state index contributed by atoms with van der Waals surface area (Å²) in [4.78, 5) is 40.3. The SMILES string of the molecule is O=CN1CCC(n2c(=O)n(Cc3cccc(OC4CCCC4)c3)c(=O)c3cc(OCC(F)F)ccc32)CC1. The fraction of sp³-hybridized carbons (Fsp3) is 0.464. The van der Waals surface area contributed by atoms with Crippen molar-refractivity contribution in [1.29, 1.82) is 0 Å². The van der Waals surface area contributed by atoms with Crippen LogP contribution in [-0.2, 0) is 11.3 Å². The molecule has 8 nitrogen and oxygen atoms in total. The first kappa shape index (κ1) is 25.9. The summed E-state index contributed by atoms with van der Waals surface area (Å²) in [6.45, 7) is 0.233. The fourth-order valence-electron chi connectivity index (χ4n) is 5.45. The maximum Gasteiger partial charge on any atom is 0.332 e. The highest BCUT2D eigenvalue weighted by atomic mass is 19.3. The molecule has 1 aliphatic heterocycles. The van der Waals surface area contributed by atoms with Crippen LogP contribution in [0.4, 0.5) is 8.78 Å². The molecule has 3 aromatic rings. The maximum absolute atomic E-state index is 13.8. The van der Waals surface area contributed by atoms with Gasteiger partial charge in [0.1, 0.15) is 18.1 Å². The van der Waals surface area contributed by atoms with Gasteiger partial charge in [0.15, 0.2) is 0 Å². The Morgan fingerprint density at radius 2 is 1.74 bits per heavy atom. The average Bonchev–Trinajstić information content (AvgIpc) is 3.44. The zero-order valence-electron chi connectivity index (χ0n) is 21.1. The van der Waals surface area contributed by atoms with Crippen molar-refractivity contribution >= 4 is 17.3 Å². The molecule has 5 rings (SSSR count). The minimum absolute atomic E-state index is 0.0325. The Balaban J connectivity index is 1.55. The van der Waals surface area contributed by atoms with E-state index in [0.717, 1.165) is 37.7 Å². The second-order valence-electron chi connectivity index (χ2n) is 9.97. The number of hydrogen-bond acceptors (Lipinski definition) is 5. The highest BCUT2D eigenvalue weighted by molar-refractivity contribution is 5.80. The van der Waals surface area contributed by atoms with E-state index in [9.17, 15) is 23.2 Å². The highest BCUT2D eigenvalue weighted by Crippen LogP contribution is 2.27. The van der Waals surface area contributed by atoms with Gasteiger partial charge in [-0.2, -0.15) is 0 Å². The van der Waals surface area contributed by atoms with Crippen molar-refractivity contribution in [3.05, 3.63) is 68.9 Å². The predicted octanol–water partition coefficient (Wildman–Crippen LogP) is 3.97. The van der Waals surface area contributed by atoms with Crippen LogP contribution < -0.4 is 20.7 Å². The van der Waals surface area contributed by atoms with Crippen LogP contribution in [0.2, 0.25) is 0 Å². The van der Waals surface area contributed by atoms with Crippen LogP contribution in [0.1, 0.15) is 50.1 Å². The van der Waals surface area contributed by atoms with E-state index in [-0.39, 0.29) is 29.8 Å². The van der Waals surface area contributed by atoms with E-state index < -0.39 is 24.3 Å². The molecule has 0 atom stereocenters. The minimum Gasteiger partial charge on any atom is -0.490 e. The number of alkyl halides is 2. The molecule has 0 radical (unpaired) electrons. The molecule has 0 N–H and O–H groups in total. The number of likely N-dealkylation sites (tertiary alicyclic amines) is 1. The molecule has 1 aliphatic carbocycles. The standard InChI is InChI=1S/C28H31F2N3O5/c29-26(30)17-37-22-8-9-25-24(15-22)27(35)32(28(36)33(25)20-10-12-31(18-34)13-11-20)16-19-4-3-7-23(14-19)38-21-5-1-2-6-21/h3-4,7-9,14-15,18,20-21,26H,1-2,5-6,10-13,16-17H2. The van der Waals surface area contributed by atoms with Gasteiger partial charge in [-0.1, -0.05) is 12.1 Å². The van der Waals surface area contributed by atoms with E-state index >= 15 is 0 Å². The van der Waals surface area contributed by atoms with Gasteiger partial charge in [0.05, 0.1) is 23.6 Å². The Labute approximate surface area is 218 Å². The normalized spacial score (nSPS) is 16.9. The number of aromatic nitrogens is 2. The molecule has 2 aromatic carbocycles. The zero-order valence-corrected chi connectivity index (χ0v) is 21.1. The smallest absolute Gasteiger partial charge is 0.332 e. The van der Waals surface area contributed by atoms with E-state index in [2.05, 4.69) is 0 Å². The number of benzene rings is 2. The minimum atomic E-state index is -2.65. The molecule has 38 heavy (non-hydrogen) atoms. The first-order valence-electron chi connectivity index (χ1n) is 13.1. The molecule has 0 spiro atoms. The van der Waals surface area contributed by atoms with Gasteiger partial charge >= 0.3 is 5.69 Å². The Kier molecular flexibility index (Phi) is 7.76. The van der Waals surface area contributed by atoms with E-state index in [1.165, 1.54) is 16.7 Å². The number of carbonyl (C=O) groups is 1. The number of nitrogens with zero attached hydrogens (tertiary/aromatic N) is 3. The van der Waals surface area contributed by atoms with Gasteiger partial charge in [-0.05, 0) is 74.4 Å². The van der Waals surface area contributed by atoms with Gasteiger partial charge in [-0.15, -0.1) is 0 Å². The Bertz CT molecular complexity index is 1410. The van der Waals surface area contributed by atoms with Crippen LogP contribution in [0.5, 0.6) is 11.5 Å². The lowest BCUT2D eigenvalue weighted by Gasteiger charge is -2.31. The number of halogens is 2. The Hall–Kier alpha value is -3.69. The Morgan fingerprint density at radius 1 is 0.974 bits per heavy atom. The fourth-order valence-corrected chi connectivity index (χ4v) is 5.45. The number of amides is 1. The quantitative estimate of drug-likeness (QED) is 0.394. The molecule has 0 bridgehead atoms. The summed E-state index contributed by atoms with van der Waals surface area (Å²) in [5.41, 5.74) is 0.196. The first-order valence-corrected chi connectivity index (χ1v) is 13.1. The molecule has 2 fully saturated rings. The summed E-state index contributed by atoms with van der Waals surface area (Å²) < 4.78 is 39.5. The third kappa shape index (κ3) is 5.58. The van der Waals surface area contributed by atoms with E-state index in [0.29, 0.717) is 37.2 Å². The summed E-state index contributed by atoms with van der Waals surface area (Å²) in [6, 6.07) is 11.7. The second kappa shape index (κ2) is 11.4. The van der Waals surface area contributed by atoms with Crippen molar-refractivity contribution in [3.63, 3.8) is 0 Å². The third-order valence-electron chi connectivity index (χ3n) is 7.37. The zero-order chi connectivity index (χ0) is 26.6. The number of hydrogen-bond donors (Lipinski definition) is 0. The molecule has 2 heterocycles. The summed E-state index contributed by atoms with van der Waals surface area (Å²) in [5, 5.41) is 0.215. The topological polar surface area (TPSA) is 82.8 Å². The van der Waals surface area contributed by atoms with Gasteiger partial charge in [0, 0.05) is 19.1 Å². The number of carbonyl (C=O) groups excluding carboxylic acids is 1. The number of ether oxygens (including phenoxy) is 2. The van der Waals surface area contributed by atoms with Crippen molar-refractivity contribution in [2.75, 3.05) is 19.7 Å². The van der Waals surface area contributed by atoms with E-state index in [1.807, 2.05) is 24.3 Å². The molecular weight excluding hydrogens is 496 g/mol. The van der Waals surface area contributed by atoms with Crippen LogP contribution in [0, 0.1) is 0 Å². The van der Waals surface area contributed by atoms with E-state index in [1.54, 1.807) is 15.5 Å². The summed E-state index contributed by atoms with van der Waals surface area (Å²) >= 11 is 0. The lowest BCUT2D eigenvalue weighted by molar-refractivity contribution is -0.119. The van der Waals surface area contributed by atoms with Crippen molar-refractivity contribution in [3.8, 4) is 11.5 Å². The van der Waals surface area contributed by atoms with Gasteiger partial charge in [-0.25, -0.2) is 13.6 Å². The molecule has 1 aromatic heterocycles. The molecule has 0 unspecified atom stereocenters. The number of piperidine rings is 1. The summed E-state index contributed by atoms with van der Waals surface area (Å²) in [6.07, 6.45) is 3.74. The lowest BCUT2D eigenvalue weighted by Crippen LogP contribution is -2.44. The van der Waals surface area contributed by atoms with Crippen LogP contribution in [-0.4, -0.2) is 52.7 Å². The van der Waals surface area contributed by atoms with Gasteiger partial charge in [-0.3, -0.25) is 18.7 Å². The Morgan fingerprint density at radius 3 is 2.45 bits per heavy atom.